The van der Waals surface area contributed by atoms with Crippen molar-refractivity contribution in [3.05, 3.63) is 246 Å². The first-order valence-electron chi connectivity index (χ1n) is 23.5. The quantitative estimate of drug-likeness (QED) is 0.121. The van der Waals surface area contributed by atoms with Crippen LogP contribution in [0.4, 0.5) is 17.3 Å². The average Bonchev–Trinajstić information content (AvgIpc) is 3.36. The summed E-state index contributed by atoms with van der Waals surface area (Å²) >= 11 is 0. The van der Waals surface area contributed by atoms with E-state index in [1.807, 2.05) is 18.2 Å². The summed E-state index contributed by atoms with van der Waals surface area (Å²) in [6.07, 6.45) is 0. The largest absolute Gasteiger partial charge is 0.279 e. The summed E-state index contributed by atoms with van der Waals surface area (Å²) in [5.74, 6) is 1.69. The minimum absolute atomic E-state index is 0.0317. The van der Waals surface area contributed by atoms with E-state index in [0.717, 1.165) is 55.9 Å². The molecule has 5 heteroatoms. The first kappa shape index (κ1) is 43.7. The van der Waals surface area contributed by atoms with Crippen molar-refractivity contribution in [2.75, 3.05) is 4.90 Å². The third kappa shape index (κ3) is 9.04. The Balaban J connectivity index is 1.20. The molecule has 0 amide bonds. The van der Waals surface area contributed by atoms with E-state index in [2.05, 4.69) is 241 Å². The van der Waals surface area contributed by atoms with Gasteiger partial charge in [0.25, 0.3) is 0 Å². The van der Waals surface area contributed by atoms with Crippen LogP contribution in [0.25, 0.3) is 56.2 Å². The lowest BCUT2D eigenvalue weighted by Crippen LogP contribution is -2.55. The van der Waals surface area contributed by atoms with E-state index in [0.29, 0.717) is 17.6 Å². The van der Waals surface area contributed by atoms with Crippen LogP contribution in [0.3, 0.4) is 0 Å². The molecule has 0 fully saturated rings. The number of rotatable bonds is 11. The monoisotopic (exact) mass is 876 g/mol. The molecule has 328 valence electrons. The minimum atomic E-state index is 0.0317. The maximum Gasteiger partial charge on any atom is 0.242 e. The zero-order valence-electron chi connectivity index (χ0n) is 39.6. The van der Waals surface area contributed by atoms with Gasteiger partial charge in [-0.3, -0.25) is 4.90 Å². The van der Waals surface area contributed by atoms with Crippen LogP contribution in [0.15, 0.2) is 212 Å². The molecule has 0 saturated carbocycles. The number of aromatic nitrogens is 3. The molecule has 10 rings (SSSR count). The summed E-state index contributed by atoms with van der Waals surface area (Å²) in [5, 5.41) is 0. The molecule has 0 spiro atoms. The molecule has 1 heterocycles. The standard InChI is InChI=1S/C63H53BN4/c1-42-34-44(3)59(45(4)35-42)64(60-46(5)36-43(2)37-47(60)6)56-30-32-57(33-31-56)68(58-29-19-28-52(41-58)48-20-11-7-12-21-48)63-66-61(51-26-17-10-18-27-51)65-62(67-63)55-39-53(49-22-13-8-14-23-49)38-54(40-55)50-24-15-9-16-25-50/h7-41H,1-6H3. The molecule has 0 N–H and O–H groups in total. The molecule has 0 atom stereocenters. The summed E-state index contributed by atoms with van der Waals surface area (Å²) in [4.78, 5) is 18.3. The van der Waals surface area contributed by atoms with Crippen molar-refractivity contribution >= 4 is 40.4 Å². The highest BCUT2D eigenvalue weighted by atomic mass is 15.3. The van der Waals surface area contributed by atoms with Crippen LogP contribution in [0, 0.1) is 41.5 Å². The molecular weight excluding hydrogens is 824 g/mol. The van der Waals surface area contributed by atoms with Crippen LogP contribution in [0.2, 0.25) is 0 Å². The molecule has 0 aliphatic rings. The Hall–Kier alpha value is -8.15. The second-order valence-electron chi connectivity index (χ2n) is 18.1. The SMILES string of the molecule is Cc1cc(C)c(B(c2ccc(N(c3cccc(-c4ccccc4)c3)c3nc(-c4ccccc4)nc(-c4cc(-c5ccccc5)cc(-c5ccccc5)c4)n3)cc2)c2c(C)cc(C)cc2C)c(C)c1. The predicted molar refractivity (Wildman–Crippen MR) is 288 cm³/mol. The number of benzene rings is 9. The van der Waals surface area contributed by atoms with E-state index < -0.39 is 0 Å². The van der Waals surface area contributed by atoms with Crippen LogP contribution < -0.4 is 21.3 Å². The van der Waals surface area contributed by atoms with Crippen LogP contribution in [0.5, 0.6) is 0 Å². The fourth-order valence-electron chi connectivity index (χ4n) is 10.1. The van der Waals surface area contributed by atoms with Gasteiger partial charge in [0.2, 0.25) is 12.7 Å². The Kier molecular flexibility index (Phi) is 12.2. The summed E-state index contributed by atoms with van der Waals surface area (Å²) in [6.45, 7) is 13.5. The van der Waals surface area contributed by atoms with Crippen molar-refractivity contribution in [1.29, 1.82) is 0 Å². The van der Waals surface area contributed by atoms with Gasteiger partial charge < -0.3 is 0 Å². The lowest BCUT2D eigenvalue weighted by molar-refractivity contribution is 1.02. The highest BCUT2D eigenvalue weighted by Crippen LogP contribution is 2.38. The average molecular weight is 877 g/mol. The molecule has 0 unspecified atom stereocenters. The first-order valence-corrected chi connectivity index (χ1v) is 23.5. The van der Waals surface area contributed by atoms with Gasteiger partial charge in [0.05, 0.1) is 0 Å². The van der Waals surface area contributed by atoms with Gasteiger partial charge in [0.1, 0.15) is 0 Å². The Morgan fingerprint density at radius 3 is 1.18 bits per heavy atom. The topological polar surface area (TPSA) is 41.9 Å². The predicted octanol–water partition coefficient (Wildman–Crippen LogP) is 14.0. The number of hydrogen-bond donors (Lipinski definition) is 0. The molecule has 0 aliphatic heterocycles. The molecule has 0 aliphatic carbocycles. The van der Waals surface area contributed by atoms with Crippen molar-refractivity contribution in [3.8, 4) is 56.2 Å². The Bertz CT molecular complexity index is 3230. The molecule has 9 aromatic carbocycles. The number of anilines is 3. The van der Waals surface area contributed by atoms with Gasteiger partial charge in [-0.1, -0.05) is 220 Å². The van der Waals surface area contributed by atoms with Crippen molar-refractivity contribution in [2.24, 2.45) is 0 Å². The van der Waals surface area contributed by atoms with Gasteiger partial charge in [0.15, 0.2) is 11.6 Å². The lowest BCUT2D eigenvalue weighted by atomic mass is 9.34. The van der Waals surface area contributed by atoms with Gasteiger partial charge in [-0.2, -0.15) is 9.97 Å². The van der Waals surface area contributed by atoms with Gasteiger partial charge >= 0.3 is 0 Å². The van der Waals surface area contributed by atoms with Gasteiger partial charge in [-0.25, -0.2) is 4.98 Å². The minimum Gasteiger partial charge on any atom is -0.279 e. The lowest BCUT2D eigenvalue weighted by Gasteiger charge is -2.27. The van der Waals surface area contributed by atoms with E-state index in [-0.39, 0.29) is 6.71 Å². The molecule has 0 bridgehead atoms. The number of hydrogen-bond acceptors (Lipinski definition) is 4. The van der Waals surface area contributed by atoms with E-state index in [4.69, 9.17) is 15.0 Å². The van der Waals surface area contributed by atoms with E-state index in [1.54, 1.807) is 0 Å². The first-order chi connectivity index (χ1) is 33.2. The zero-order chi connectivity index (χ0) is 46.7. The summed E-state index contributed by atoms with van der Waals surface area (Å²) < 4.78 is 0. The van der Waals surface area contributed by atoms with Crippen molar-refractivity contribution in [1.82, 2.24) is 15.0 Å². The fourth-order valence-corrected chi connectivity index (χ4v) is 10.1. The molecule has 0 saturated heterocycles. The second-order valence-corrected chi connectivity index (χ2v) is 18.1. The molecule has 4 nitrogen and oxygen atoms in total. The zero-order valence-corrected chi connectivity index (χ0v) is 39.6. The van der Waals surface area contributed by atoms with Crippen molar-refractivity contribution < 1.29 is 0 Å². The third-order valence-corrected chi connectivity index (χ3v) is 13.0. The number of nitrogens with zero attached hydrogens (tertiary/aromatic N) is 4. The smallest absolute Gasteiger partial charge is 0.242 e. The molecule has 1 aromatic heterocycles. The Morgan fingerprint density at radius 2 is 0.706 bits per heavy atom. The Morgan fingerprint density at radius 1 is 0.309 bits per heavy atom. The summed E-state index contributed by atoms with van der Waals surface area (Å²) in [6, 6.07) is 75.5. The molecule has 10 aromatic rings. The number of aryl methyl sites for hydroxylation is 6. The molecular formula is C63H53BN4. The van der Waals surface area contributed by atoms with E-state index >= 15 is 0 Å². The second kappa shape index (κ2) is 19.0. The van der Waals surface area contributed by atoms with Gasteiger partial charge in [-0.05, 0) is 117 Å². The van der Waals surface area contributed by atoms with Crippen LogP contribution in [0.1, 0.15) is 33.4 Å². The van der Waals surface area contributed by atoms with Crippen molar-refractivity contribution in [3.63, 3.8) is 0 Å². The van der Waals surface area contributed by atoms with Gasteiger partial charge in [0, 0.05) is 22.5 Å². The highest BCUT2D eigenvalue weighted by Gasteiger charge is 2.29. The van der Waals surface area contributed by atoms with Crippen LogP contribution in [-0.4, -0.2) is 21.7 Å². The molecule has 0 radical (unpaired) electrons. The highest BCUT2D eigenvalue weighted by molar-refractivity contribution is 6.96. The molecule has 68 heavy (non-hydrogen) atoms. The maximum absolute atomic E-state index is 5.47. The van der Waals surface area contributed by atoms with Gasteiger partial charge in [-0.15, -0.1) is 0 Å². The van der Waals surface area contributed by atoms with E-state index in [9.17, 15) is 0 Å². The van der Waals surface area contributed by atoms with E-state index in [1.165, 1.54) is 49.8 Å². The summed E-state index contributed by atoms with van der Waals surface area (Å²) in [5.41, 5.74) is 22.0. The van der Waals surface area contributed by atoms with Crippen LogP contribution in [-0.2, 0) is 0 Å². The van der Waals surface area contributed by atoms with Crippen LogP contribution >= 0.6 is 0 Å². The third-order valence-electron chi connectivity index (χ3n) is 13.0. The maximum atomic E-state index is 5.47. The van der Waals surface area contributed by atoms with Crippen molar-refractivity contribution in [2.45, 2.75) is 41.5 Å². The fraction of sp³-hybridized carbons (Fsp3) is 0.0952. The summed E-state index contributed by atoms with van der Waals surface area (Å²) in [7, 11) is 0. The Labute approximate surface area is 401 Å². The normalized spacial score (nSPS) is 11.1.